The quantitative estimate of drug-likeness (QED) is 0.798. The van der Waals surface area contributed by atoms with Gasteiger partial charge in [0.15, 0.2) is 9.84 Å². The number of rotatable bonds is 8. The fourth-order valence-corrected chi connectivity index (χ4v) is 3.56. The second kappa shape index (κ2) is 7.65. The summed E-state index contributed by atoms with van der Waals surface area (Å²) in [6, 6.07) is 6.73. The van der Waals surface area contributed by atoms with Crippen LogP contribution in [0, 0.1) is 0 Å². The van der Waals surface area contributed by atoms with Crippen molar-refractivity contribution >= 4 is 26.3 Å². The summed E-state index contributed by atoms with van der Waals surface area (Å²) < 4.78 is 34.9. The van der Waals surface area contributed by atoms with Crippen molar-refractivity contribution < 1.29 is 12.6 Å². The molecule has 1 unspecified atom stereocenters. The van der Waals surface area contributed by atoms with Crippen LogP contribution in [0.15, 0.2) is 29.2 Å². The van der Waals surface area contributed by atoms with E-state index >= 15 is 0 Å². The second-order valence-electron chi connectivity index (χ2n) is 4.20. The van der Waals surface area contributed by atoms with E-state index in [-0.39, 0.29) is 5.75 Å². The lowest BCUT2D eigenvalue weighted by molar-refractivity contribution is 0.594. The Morgan fingerprint density at radius 2 is 1.79 bits per heavy atom. The molecular formula is C13H21NO3S2. The fraction of sp³-hybridized carbons (Fsp3) is 0.538. The van der Waals surface area contributed by atoms with E-state index in [9.17, 15) is 12.6 Å². The summed E-state index contributed by atoms with van der Waals surface area (Å²) in [6.07, 6.45) is 0.616. The Labute approximate surface area is 118 Å². The van der Waals surface area contributed by atoms with Gasteiger partial charge in [0.2, 0.25) is 0 Å². The van der Waals surface area contributed by atoms with Crippen LogP contribution in [0.5, 0.6) is 0 Å². The highest BCUT2D eigenvalue weighted by Crippen LogP contribution is 2.15. The molecule has 1 aromatic rings. The van der Waals surface area contributed by atoms with Crippen molar-refractivity contribution in [2.24, 2.45) is 0 Å². The van der Waals surface area contributed by atoms with Crippen molar-refractivity contribution in [3.05, 3.63) is 24.3 Å². The van der Waals surface area contributed by atoms with Crippen molar-refractivity contribution in [2.45, 2.75) is 25.2 Å². The van der Waals surface area contributed by atoms with E-state index in [2.05, 4.69) is 5.32 Å². The van der Waals surface area contributed by atoms with Crippen LogP contribution in [0.2, 0.25) is 0 Å². The van der Waals surface area contributed by atoms with Crippen LogP contribution in [0.3, 0.4) is 0 Å². The van der Waals surface area contributed by atoms with E-state index < -0.39 is 20.6 Å². The summed E-state index contributed by atoms with van der Waals surface area (Å²) in [5.74, 6) is 1.44. The van der Waals surface area contributed by atoms with E-state index in [1.165, 1.54) is 0 Å². The molecular weight excluding hydrogens is 282 g/mol. The molecule has 0 saturated heterocycles. The van der Waals surface area contributed by atoms with Crippen molar-refractivity contribution in [3.63, 3.8) is 0 Å². The minimum atomic E-state index is -3.14. The molecule has 0 radical (unpaired) electrons. The first kappa shape index (κ1) is 16.2. The zero-order valence-electron chi connectivity index (χ0n) is 11.4. The van der Waals surface area contributed by atoms with E-state index in [1.807, 2.05) is 13.8 Å². The highest BCUT2D eigenvalue weighted by Gasteiger charge is 2.12. The maximum absolute atomic E-state index is 11.8. The normalized spacial score (nSPS) is 13.2. The Morgan fingerprint density at radius 1 is 1.16 bits per heavy atom. The first-order valence-electron chi connectivity index (χ1n) is 6.41. The van der Waals surface area contributed by atoms with Gasteiger partial charge in [0.05, 0.1) is 10.6 Å². The minimum absolute atomic E-state index is 0.176. The molecule has 0 amide bonds. The van der Waals surface area contributed by atoms with Gasteiger partial charge in [0.1, 0.15) is 0 Å². The molecule has 1 atom stereocenters. The summed E-state index contributed by atoms with van der Waals surface area (Å²) in [6.45, 7) is 4.37. The van der Waals surface area contributed by atoms with Crippen LogP contribution in [0.1, 0.15) is 20.3 Å². The van der Waals surface area contributed by atoms with Crippen molar-refractivity contribution in [3.8, 4) is 0 Å². The molecule has 0 saturated carbocycles. The van der Waals surface area contributed by atoms with Gasteiger partial charge in [-0.1, -0.05) is 13.8 Å². The Hall–Kier alpha value is -0.880. The van der Waals surface area contributed by atoms with Crippen LogP contribution in [0.4, 0.5) is 5.69 Å². The monoisotopic (exact) mass is 303 g/mol. The molecule has 6 heteroatoms. The largest absolute Gasteiger partial charge is 0.384 e. The average Bonchev–Trinajstić information content (AvgIpc) is 2.39. The summed E-state index contributed by atoms with van der Waals surface area (Å²) in [5.41, 5.74) is 0.851. The van der Waals surface area contributed by atoms with Crippen molar-refractivity contribution in [1.29, 1.82) is 0 Å². The highest BCUT2D eigenvalue weighted by molar-refractivity contribution is 7.91. The molecule has 0 aliphatic rings. The first-order chi connectivity index (χ1) is 8.99. The lowest BCUT2D eigenvalue weighted by Crippen LogP contribution is -2.12. The lowest BCUT2D eigenvalue weighted by atomic mass is 10.3. The molecule has 0 aromatic heterocycles. The highest BCUT2D eigenvalue weighted by atomic mass is 32.2. The standard InChI is InChI=1S/C13H21NO3S2/c1-3-11-19(16,17)13-7-5-12(6-8-13)14-9-10-18(15)4-2/h5-8,14H,3-4,9-11H2,1-2H3. The lowest BCUT2D eigenvalue weighted by Gasteiger charge is -2.07. The maximum Gasteiger partial charge on any atom is 0.178 e. The number of anilines is 1. The van der Waals surface area contributed by atoms with E-state index in [0.717, 1.165) is 5.69 Å². The third-order valence-electron chi connectivity index (χ3n) is 2.67. The maximum atomic E-state index is 11.8. The predicted molar refractivity (Wildman–Crippen MR) is 80.8 cm³/mol. The van der Waals surface area contributed by atoms with Crippen LogP contribution in [-0.2, 0) is 20.6 Å². The number of nitrogens with one attached hydrogen (secondary N) is 1. The molecule has 19 heavy (non-hydrogen) atoms. The predicted octanol–water partition coefficient (Wildman–Crippen LogP) is 2.05. The molecule has 1 aromatic carbocycles. The third-order valence-corrected chi connectivity index (χ3v) is 5.91. The van der Waals surface area contributed by atoms with Gasteiger partial charge in [0.25, 0.3) is 0 Å². The second-order valence-corrected chi connectivity index (χ2v) is 8.18. The van der Waals surface area contributed by atoms with Gasteiger partial charge in [-0.3, -0.25) is 4.21 Å². The molecule has 0 spiro atoms. The number of hydrogen-bond acceptors (Lipinski definition) is 4. The summed E-state index contributed by atoms with van der Waals surface area (Å²) in [7, 11) is -3.92. The molecule has 0 aliphatic carbocycles. The molecule has 0 aliphatic heterocycles. The SMILES string of the molecule is CCCS(=O)(=O)c1ccc(NCCS(=O)CC)cc1. The smallest absolute Gasteiger partial charge is 0.178 e. The zero-order chi connectivity index (χ0) is 14.3. The minimum Gasteiger partial charge on any atom is -0.384 e. The Bertz CT molecular complexity index is 509. The van der Waals surface area contributed by atoms with Crippen molar-refractivity contribution in [2.75, 3.05) is 29.1 Å². The molecule has 0 fully saturated rings. The Balaban J connectivity index is 2.59. The summed E-state index contributed by atoms with van der Waals surface area (Å²) in [5, 5.41) is 3.13. The van der Waals surface area contributed by atoms with Gasteiger partial charge in [-0.15, -0.1) is 0 Å². The molecule has 0 heterocycles. The van der Waals surface area contributed by atoms with Gasteiger partial charge in [-0.05, 0) is 30.7 Å². The van der Waals surface area contributed by atoms with Crippen LogP contribution >= 0.6 is 0 Å². The zero-order valence-corrected chi connectivity index (χ0v) is 13.0. The number of benzene rings is 1. The molecule has 108 valence electrons. The Kier molecular flexibility index (Phi) is 6.51. The van der Waals surface area contributed by atoms with Gasteiger partial charge >= 0.3 is 0 Å². The van der Waals surface area contributed by atoms with E-state index in [0.29, 0.717) is 29.4 Å². The van der Waals surface area contributed by atoms with Crippen LogP contribution in [-0.4, -0.2) is 36.4 Å². The van der Waals surface area contributed by atoms with Crippen LogP contribution < -0.4 is 5.32 Å². The molecule has 0 bridgehead atoms. The van der Waals surface area contributed by atoms with Gasteiger partial charge < -0.3 is 5.32 Å². The fourth-order valence-electron chi connectivity index (χ4n) is 1.62. The van der Waals surface area contributed by atoms with E-state index in [1.54, 1.807) is 24.3 Å². The average molecular weight is 303 g/mol. The van der Waals surface area contributed by atoms with Crippen molar-refractivity contribution in [1.82, 2.24) is 0 Å². The van der Waals surface area contributed by atoms with E-state index in [4.69, 9.17) is 0 Å². The van der Waals surface area contributed by atoms with Gasteiger partial charge in [0, 0.05) is 34.5 Å². The molecule has 4 nitrogen and oxygen atoms in total. The van der Waals surface area contributed by atoms with Gasteiger partial charge in [-0.2, -0.15) is 0 Å². The van der Waals surface area contributed by atoms with Crippen LogP contribution in [0.25, 0.3) is 0 Å². The summed E-state index contributed by atoms with van der Waals surface area (Å²) in [4.78, 5) is 0.358. The summed E-state index contributed by atoms with van der Waals surface area (Å²) >= 11 is 0. The number of sulfone groups is 1. The topological polar surface area (TPSA) is 63.2 Å². The number of hydrogen-bond donors (Lipinski definition) is 1. The Morgan fingerprint density at radius 3 is 2.32 bits per heavy atom. The third kappa shape index (κ3) is 5.32. The first-order valence-corrected chi connectivity index (χ1v) is 9.55. The molecule has 1 rings (SSSR count). The molecule has 1 N–H and O–H groups in total. The van der Waals surface area contributed by atoms with Gasteiger partial charge in [-0.25, -0.2) is 8.42 Å².